The van der Waals surface area contributed by atoms with Crippen molar-refractivity contribution >= 4 is 5.82 Å². The molecule has 0 radical (unpaired) electrons. The summed E-state index contributed by atoms with van der Waals surface area (Å²) < 4.78 is 5.67. The lowest BCUT2D eigenvalue weighted by Crippen LogP contribution is -2.34. The van der Waals surface area contributed by atoms with Crippen LogP contribution in [0.15, 0.2) is 12.4 Å². The second-order valence-electron chi connectivity index (χ2n) is 4.21. The predicted octanol–water partition coefficient (Wildman–Crippen LogP) is 1.35. The molecule has 5 heteroatoms. The topological polar surface area (TPSA) is 62.0 Å². The number of nitriles is 1. The molecule has 5 nitrogen and oxygen atoms in total. The van der Waals surface area contributed by atoms with Crippen molar-refractivity contribution in [2.45, 2.75) is 25.4 Å². The summed E-state index contributed by atoms with van der Waals surface area (Å²) in [4.78, 5) is 10.2. The maximum atomic E-state index is 8.96. The number of hydrogen-bond donors (Lipinski definition) is 0. The fourth-order valence-corrected chi connectivity index (χ4v) is 2.03. The first-order chi connectivity index (χ1) is 8.31. The van der Waals surface area contributed by atoms with Gasteiger partial charge in [0.1, 0.15) is 6.07 Å². The Bertz CT molecular complexity index is 409. The number of aromatic nitrogens is 2. The van der Waals surface area contributed by atoms with Gasteiger partial charge in [0.2, 0.25) is 0 Å². The standard InChI is InChI=1S/C12H16N4O/c1-16(9-10-4-2-3-7-17-10)12-11(8-13)14-5-6-15-12/h5-6,10H,2-4,7,9H2,1H3. The number of anilines is 1. The van der Waals surface area contributed by atoms with Gasteiger partial charge in [0.05, 0.1) is 6.10 Å². The van der Waals surface area contributed by atoms with Crippen LogP contribution in [0.3, 0.4) is 0 Å². The average Bonchev–Trinajstić information content (AvgIpc) is 2.40. The molecule has 0 spiro atoms. The van der Waals surface area contributed by atoms with E-state index in [4.69, 9.17) is 10.00 Å². The Hall–Kier alpha value is -1.67. The zero-order chi connectivity index (χ0) is 12.1. The molecule has 1 fully saturated rings. The summed E-state index contributed by atoms with van der Waals surface area (Å²) in [6.45, 7) is 1.59. The molecule has 0 aliphatic carbocycles. The molecule has 0 amide bonds. The number of likely N-dealkylation sites (N-methyl/N-ethyl adjacent to an activating group) is 1. The van der Waals surface area contributed by atoms with Crippen molar-refractivity contribution in [2.24, 2.45) is 0 Å². The summed E-state index contributed by atoms with van der Waals surface area (Å²) in [7, 11) is 1.92. The van der Waals surface area contributed by atoms with Crippen LogP contribution in [0, 0.1) is 11.3 Å². The highest BCUT2D eigenvalue weighted by Gasteiger charge is 2.18. The smallest absolute Gasteiger partial charge is 0.183 e. The van der Waals surface area contributed by atoms with E-state index in [0.29, 0.717) is 11.5 Å². The number of nitrogens with zero attached hydrogens (tertiary/aromatic N) is 4. The first-order valence-corrected chi connectivity index (χ1v) is 5.85. The summed E-state index contributed by atoms with van der Waals surface area (Å²) in [6.07, 6.45) is 6.81. The van der Waals surface area contributed by atoms with E-state index in [2.05, 4.69) is 16.0 Å². The van der Waals surface area contributed by atoms with Gasteiger partial charge >= 0.3 is 0 Å². The van der Waals surface area contributed by atoms with Crippen LogP contribution in [0.25, 0.3) is 0 Å². The highest BCUT2D eigenvalue weighted by Crippen LogP contribution is 2.17. The monoisotopic (exact) mass is 232 g/mol. The zero-order valence-corrected chi connectivity index (χ0v) is 9.96. The van der Waals surface area contributed by atoms with Crippen molar-refractivity contribution < 1.29 is 4.74 Å². The third-order valence-corrected chi connectivity index (χ3v) is 2.90. The van der Waals surface area contributed by atoms with E-state index in [1.807, 2.05) is 11.9 Å². The normalized spacial score (nSPS) is 19.6. The average molecular weight is 232 g/mol. The van der Waals surface area contributed by atoms with Crippen molar-refractivity contribution in [1.29, 1.82) is 5.26 Å². The first kappa shape index (κ1) is 11.8. The molecule has 1 saturated heterocycles. The molecule has 0 saturated carbocycles. The molecule has 2 rings (SSSR count). The second-order valence-corrected chi connectivity index (χ2v) is 4.21. The van der Waals surface area contributed by atoms with E-state index in [9.17, 15) is 0 Å². The van der Waals surface area contributed by atoms with Gasteiger partial charge in [-0.1, -0.05) is 0 Å². The third-order valence-electron chi connectivity index (χ3n) is 2.90. The Morgan fingerprint density at radius 1 is 1.47 bits per heavy atom. The lowest BCUT2D eigenvalue weighted by atomic mass is 10.1. The van der Waals surface area contributed by atoms with Crippen LogP contribution in [-0.2, 0) is 4.74 Å². The lowest BCUT2D eigenvalue weighted by molar-refractivity contribution is 0.0215. The summed E-state index contributed by atoms with van der Waals surface area (Å²) in [5, 5.41) is 8.96. The number of ether oxygens (including phenoxy) is 1. The van der Waals surface area contributed by atoms with Crippen molar-refractivity contribution in [1.82, 2.24) is 9.97 Å². The van der Waals surface area contributed by atoms with Crippen molar-refractivity contribution in [3.8, 4) is 6.07 Å². The highest BCUT2D eigenvalue weighted by atomic mass is 16.5. The van der Waals surface area contributed by atoms with Gasteiger partial charge in [-0.2, -0.15) is 5.26 Å². The molecular weight excluding hydrogens is 216 g/mol. The molecule has 1 unspecified atom stereocenters. The summed E-state index contributed by atoms with van der Waals surface area (Å²) >= 11 is 0. The predicted molar refractivity (Wildman–Crippen MR) is 63.6 cm³/mol. The molecular formula is C12H16N4O. The fraction of sp³-hybridized carbons (Fsp3) is 0.583. The molecule has 90 valence electrons. The minimum absolute atomic E-state index is 0.238. The molecule has 1 aliphatic heterocycles. The van der Waals surface area contributed by atoms with E-state index in [-0.39, 0.29) is 6.10 Å². The van der Waals surface area contributed by atoms with Crippen LogP contribution in [0.2, 0.25) is 0 Å². The Kier molecular flexibility index (Phi) is 3.89. The van der Waals surface area contributed by atoms with Crippen LogP contribution < -0.4 is 4.90 Å². The van der Waals surface area contributed by atoms with Gasteiger partial charge in [0, 0.05) is 32.6 Å². The van der Waals surface area contributed by atoms with Crippen LogP contribution in [0.4, 0.5) is 5.82 Å². The fourth-order valence-electron chi connectivity index (χ4n) is 2.03. The van der Waals surface area contributed by atoms with Gasteiger partial charge in [-0.15, -0.1) is 0 Å². The van der Waals surface area contributed by atoms with E-state index < -0.39 is 0 Å². The van der Waals surface area contributed by atoms with Crippen molar-refractivity contribution in [3.63, 3.8) is 0 Å². The Balaban J connectivity index is 2.03. The van der Waals surface area contributed by atoms with E-state index in [1.54, 1.807) is 6.20 Å². The lowest BCUT2D eigenvalue weighted by Gasteiger charge is -2.28. The molecule has 1 aromatic rings. The second kappa shape index (κ2) is 5.60. The van der Waals surface area contributed by atoms with E-state index in [1.165, 1.54) is 12.6 Å². The molecule has 0 bridgehead atoms. The third kappa shape index (κ3) is 2.92. The molecule has 1 aliphatic rings. The van der Waals surface area contributed by atoms with Crippen molar-refractivity contribution in [2.75, 3.05) is 25.1 Å². The molecule has 1 aromatic heterocycles. The number of hydrogen-bond acceptors (Lipinski definition) is 5. The Morgan fingerprint density at radius 3 is 3.00 bits per heavy atom. The largest absolute Gasteiger partial charge is 0.376 e. The van der Waals surface area contributed by atoms with Crippen LogP contribution in [0.1, 0.15) is 25.0 Å². The summed E-state index contributed by atoms with van der Waals surface area (Å²) in [5.74, 6) is 0.629. The van der Waals surface area contributed by atoms with Crippen LogP contribution in [-0.4, -0.2) is 36.3 Å². The first-order valence-electron chi connectivity index (χ1n) is 5.85. The maximum Gasteiger partial charge on any atom is 0.183 e. The molecule has 17 heavy (non-hydrogen) atoms. The van der Waals surface area contributed by atoms with Gasteiger partial charge in [-0.05, 0) is 19.3 Å². The van der Waals surface area contributed by atoms with Crippen LogP contribution >= 0.6 is 0 Å². The quantitative estimate of drug-likeness (QED) is 0.787. The Morgan fingerprint density at radius 2 is 2.29 bits per heavy atom. The maximum absolute atomic E-state index is 8.96. The zero-order valence-electron chi connectivity index (χ0n) is 9.96. The number of rotatable bonds is 3. The molecule has 0 N–H and O–H groups in total. The van der Waals surface area contributed by atoms with E-state index >= 15 is 0 Å². The molecule has 1 atom stereocenters. The summed E-state index contributed by atoms with van der Waals surface area (Å²) in [6, 6.07) is 2.06. The minimum Gasteiger partial charge on any atom is -0.376 e. The van der Waals surface area contributed by atoms with Crippen LogP contribution in [0.5, 0.6) is 0 Å². The van der Waals surface area contributed by atoms with Crippen molar-refractivity contribution in [3.05, 3.63) is 18.1 Å². The SMILES string of the molecule is CN(CC1CCCCO1)c1nccnc1C#N. The minimum atomic E-state index is 0.238. The van der Waals surface area contributed by atoms with Gasteiger partial charge < -0.3 is 9.64 Å². The summed E-state index contributed by atoms with van der Waals surface area (Å²) in [5.41, 5.74) is 0.366. The Labute approximate surface area is 101 Å². The molecule has 2 heterocycles. The highest BCUT2D eigenvalue weighted by molar-refractivity contribution is 5.48. The van der Waals surface area contributed by atoms with Gasteiger partial charge in [-0.3, -0.25) is 0 Å². The van der Waals surface area contributed by atoms with Gasteiger partial charge in [0.15, 0.2) is 11.5 Å². The van der Waals surface area contributed by atoms with Gasteiger partial charge in [-0.25, -0.2) is 9.97 Å². The van der Waals surface area contributed by atoms with E-state index in [0.717, 1.165) is 26.0 Å². The van der Waals surface area contributed by atoms with Gasteiger partial charge in [0.25, 0.3) is 0 Å². The molecule has 0 aromatic carbocycles.